The van der Waals surface area contributed by atoms with Gasteiger partial charge in [0.2, 0.25) is 0 Å². The topological polar surface area (TPSA) is 83.9 Å². The van der Waals surface area contributed by atoms with Crippen LogP contribution in [0.5, 0.6) is 0 Å². The Morgan fingerprint density at radius 2 is 1.81 bits per heavy atom. The van der Waals surface area contributed by atoms with E-state index in [-0.39, 0.29) is 11.9 Å². The van der Waals surface area contributed by atoms with E-state index < -0.39 is 0 Å². The Balaban J connectivity index is 1.39. The summed E-state index contributed by atoms with van der Waals surface area (Å²) in [6.07, 6.45) is 5.07. The van der Waals surface area contributed by atoms with Crippen LogP contribution in [-0.4, -0.2) is 44.2 Å². The van der Waals surface area contributed by atoms with Gasteiger partial charge in [0.05, 0.1) is 5.69 Å². The number of urea groups is 1. The molecule has 2 amide bonds. The third-order valence-corrected chi connectivity index (χ3v) is 4.70. The third-order valence-electron chi connectivity index (χ3n) is 4.70. The van der Waals surface area contributed by atoms with Crippen molar-refractivity contribution in [2.75, 3.05) is 18.4 Å². The van der Waals surface area contributed by atoms with Crippen LogP contribution in [0, 0.1) is 0 Å². The summed E-state index contributed by atoms with van der Waals surface area (Å²) in [6, 6.07) is 15.4. The normalized spacial score (nSPS) is 14.7. The lowest BCUT2D eigenvalue weighted by Crippen LogP contribution is -2.41. The Kier molecular flexibility index (Phi) is 5.00. The van der Waals surface area contributed by atoms with Crippen LogP contribution in [0.4, 0.5) is 10.6 Å². The predicted molar refractivity (Wildman–Crippen MR) is 102 cm³/mol. The van der Waals surface area contributed by atoms with Crippen LogP contribution in [0.1, 0.15) is 24.6 Å². The van der Waals surface area contributed by atoms with Gasteiger partial charge in [0, 0.05) is 37.0 Å². The van der Waals surface area contributed by atoms with E-state index >= 15 is 0 Å². The van der Waals surface area contributed by atoms with Crippen molar-refractivity contribution in [2.24, 2.45) is 0 Å². The van der Waals surface area contributed by atoms with Crippen molar-refractivity contribution < 1.29 is 4.79 Å². The van der Waals surface area contributed by atoms with Crippen LogP contribution in [0.15, 0.2) is 60.9 Å². The molecule has 0 spiro atoms. The first kappa shape index (κ1) is 17.1. The maximum absolute atomic E-state index is 12.4. The number of aromatic nitrogens is 4. The van der Waals surface area contributed by atoms with Crippen molar-refractivity contribution in [3.05, 3.63) is 66.7 Å². The van der Waals surface area contributed by atoms with E-state index in [0.717, 1.165) is 29.9 Å². The Morgan fingerprint density at radius 1 is 1.00 bits per heavy atom. The fraction of sp³-hybridized carbons (Fsp3) is 0.250. The number of carbonyl (C=O) groups excluding carboxylic acids is 1. The second kappa shape index (κ2) is 7.90. The molecule has 3 heterocycles. The highest BCUT2D eigenvalue weighted by molar-refractivity contribution is 5.88. The molecule has 27 heavy (non-hydrogen) atoms. The lowest BCUT2D eigenvalue weighted by atomic mass is 9.96. The van der Waals surface area contributed by atoms with Crippen LogP contribution < -0.4 is 5.32 Å². The van der Waals surface area contributed by atoms with Gasteiger partial charge in [-0.3, -0.25) is 5.32 Å². The number of nitrogens with one attached hydrogen (secondary N) is 1. The summed E-state index contributed by atoms with van der Waals surface area (Å²) in [4.78, 5) is 23.4. The molecule has 4 rings (SSSR count). The predicted octanol–water partition coefficient (Wildman–Crippen LogP) is 3.35. The monoisotopic (exact) mass is 360 g/mol. The van der Waals surface area contributed by atoms with Crippen LogP contribution in [0.2, 0.25) is 0 Å². The van der Waals surface area contributed by atoms with Crippen molar-refractivity contribution >= 4 is 11.8 Å². The van der Waals surface area contributed by atoms with Gasteiger partial charge in [-0.05, 0) is 31.0 Å². The summed E-state index contributed by atoms with van der Waals surface area (Å²) in [6.45, 7) is 1.32. The smallest absolute Gasteiger partial charge is 0.323 e. The largest absolute Gasteiger partial charge is 0.324 e. The van der Waals surface area contributed by atoms with Crippen LogP contribution in [0.3, 0.4) is 0 Å². The molecule has 0 atom stereocenters. The number of anilines is 1. The quantitative estimate of drug-likeness (QED) is 0.774. The molecule has 7 nitrogen and oxygen atoms in total. The van der Waals surface area contributed by atoms with E-state index in [1.165, 1.54) is 0 Å². The summed E-state index contributed by atoms with van der Waals surface area (Å²) >= 11 is 0. The molecular weight excluding hydrogens is 340 g/mol. The van der Waals surface area contributed by atoms with Crippen molar-refractivity contribution in [3.63, 3.8) is 0 Å². The Hall–Kier alpha value is -3.35. The van der Waals surface area contributed by atoms with Gasteiger partial charge in [0.25, 0.3) is 0 Å². The van der Waals surface area contributed by atoms with Crippen molar-refractivity contribution in [1.82, 2.24) is 25.1 Å². The number of carbonyl (C=O) groups is 1. The summed E-state index contributed by atoms with van der Waals surface area (Å²) < 4.78 is 0. The maximum Gasteiger partial charge on any atom is 0.323 e. The minimum absolute atomic E-state index is 0.145. The van der Waals surface area contributed by atoms with Crippen LogP contribution >= 0.6 is 0 Å². The summed E-state index contributed by atoms with van der Waals surface area (Å²) in [7, 11) is 0. The van der Waals surface area contributed by atoms with E-state index in [0.29, 0.717) is 18.9 Å². The first-order chi connectivity index (χ1) is 13.3. The zero-order valence-electron chi connectivity index (χ0n) is 14.8. The lowest BCUT2D eigenvalue weighted by Gasteiger charge is -2.31. The SMILES string of the molecule is O=C(Nc1cccnn1)N1CCC(c2nccc(-c3ccccc3)n2)CC1. The highest BCUT2D eigenvalue weighted by Crippen LogP contribution is 2.27. The zero-order chi connectivity index (χ0) is 18.5. The third kappa shape index (κ3) is 4.08. The number of hydrogen-bond donors (Lipinski definition) is 1. The molecule has 0 radical (unpaired) electrons. The highest BCUT2D eigenvalue weighted by atomic mass is 16.2. The molecule has 136 valence electrons. The molecule has 7 heteroatoms. The molecule has 0 aliphatic carbocycles. The summed E-state index contributed by atoms with van der Waals surface area (Å²) in [5, 5.41) is 10.4. The second-order valence-electron chi connectivity index (χ2n) is 6.47. The van der Waals surface area contributed by atoms with E-state index in [9.17, 15) is 4.79 Å². The average Bonchev–Trinajstić information content (AvgIpc) is 2.75. The Bertz CT molecular complexity index is 895. The minimum Gasteiger partial charge on any atom is -0.324 e. The molecular formula is C20H20N6O. The lowest BCUT2D eigenvalue weighted by molar-refractivity contribution is 0.193. The standard InChI is InChI=1S/C20H20N6O/c27-20(24-18-7-4-11-22-25-18)26-13-9-16(10-14-26)19-21-12-8-17(23-19)15-5-2-1-3-6-15/h1-8,11-12,16H,9-10,13-14H2,(H,24,25,27). The Labute approximate surface area is 157 Å². The molecule has 1 aliphatic heterocycles. The number of rotatable bonds is 3. The van der Waals surface area contributed by atoms with Gasteiger partial charge < -0.3 is 4.90 Å². The fourth-order valence-electron chi connectivity index (χ4n) is 3.24. The summed E-state index contributed by atoms with van der Waals surface area (Å²) in [5.41, 5.74) is 2.02. The van der Waals surface area contributed by atoms with Gasteiger partial charge >= 0.3 is 6.03 Å². The van der Waals surface area contributed by atoms with E-state index in [2.05, 4.69) is 20.5 Å². The molecule has 0 saturated carbocycles. The van der Waals surface area contributed by atoms with Gasteiger partial charge in [0.15, 0.2) is 5.82 Å². The molecule has 1 aliphatic rings. The fourth-order valence-corrected chi connectivity index (χ4v) is 3.24. The summed E-state index contributed by atoms with van der Waals surface area (Å²) in [5.74, 6) is 1.57. The second-order valence-corrected chi connectivity index (χ2v) is 6.47. The molecule has 2 aromatic heterocycles. The van der Waals surface area contributed by atoms with Crippen LogP contribution in [0.25, 0.3) is 11.3 Å². The molecule has 0 unspecified atom stereocenters. The molecule has 3 aromatic rings. The molecule has 1 N–H and O–H groups in total. The van der Waals surface area contributed by atoms with Crippen molar-refractivity contribution in [2.45, 2.75) is 18.8 Å². The number of hydrogen-bond acceptors (Lipinski definition) is 5. The van der Waals surface area contributed by atoms with Gasteiger partial charge in [-0.15, -0.1) is 5.10 Å². The maximum atomic E-state index is 12.4. The van der Waals surface area contributed by atoms with Crippen molar-refractivity contribution in [1.29, 1.82) is 0 Å². The molecule has 1 fully saturated rings. The molecule has 1 saturated heterocycles. The number of likely N-dealkylation sites (tertiary alicyclic amines) is 1. The Morgan fingerprint density at radius 3 is 2.56 bits per heavy atom. The van der Waals surface area contributed by atoms with Gasteiger partial charge in [-0.2, -0.15) is 5.10 Å². The number of nitrogens with zero attached hydrogens (tertiary/aromatic N) is 5. The first-order valence-corrected chi connectivity index (χ1v) is 9.01. The van der Waals surface area contributed by atoms with E-state index in [4.69, 9.17) is 4.98 Å². The number of benzene rings is 1. The molecule has 0 bridgehead atoms. The van der Waals surface area contributed by atoms with Crippen molar-refractivity contribution in [3.8, 4) is 11.3 Å². The van der Waals surface area contributed by atoms with Gasteiger partial charge in [-0.25, -0.2) is 14.8 Å². The molecule has 1 aromatic carbocycles. The highest BCUT2D eigenvalue weighted by Gasteiger charge is 2.26. The van der Waals surface area contributed by atoms with Gasteiger partial charge in [0.1, 0.15) is 5.82 Å². The average molecular weight is 360 g/mol. The minimum atomic E-state index is -0.145. The van der Waals surface area contributed by atoms with E-state index in [1.807, 2.05) is 42.6 Å². The zero-order valence-corrected chi connectivity index (χ0v) is 14.8. The van der Waals surface area contributed by atoms with Crippen LogP contribution in [-0.2, 0) is 0 Å². The van der Waals surface area contributed by atoms with Gasteiger partial charge in [-0.1, -0.05) is 30.3 Å². The number of amides is 2. The van der Waals surface area contributed by atoms with E-state index in [1.54, 1.807) is 23.2 Å². The first-order valence-electron chi connectivity index (χ1n) is 9.01. The number of piperidine rings is 1.